The van der Waals surface area contributed by atoms with Crippen LogP contribution in [0.4, 0.5) is 0 Å². The van der Waals surface area contributed by atoms with Crippen LogP contribution < -0.4 is 5.73 Å². The highest BCUT2D eigenvalue weighted by Gasteiger charge is 2.50. The zero-order valence-corrected chi connectivity index (χ0v) is 13.9. The molecular formula is C19H30N2. The van der Waals surface area contributed by atoms with E-state index in [-0.39, 0.29) is 5.54 Å². The first-order valence-electron chi connectivity index (χ1n) is 8.49. The van der Waals surface area contributed by atoms with Crippen LogP contribution in [0.25, 0.3) is 0 Å². The minimum absolute atomic E-state index is 0.214. The lowest BCUT2D eigenvalue weighted by Crippen LogP contribution is -2.56. The molecule has 2 N–H and O–H groups in total. The second-order valence-corrected chi connectivity index (χ2v) is 8.01. The van der Waals surface area contributed by atoms with Crippen molar-refractivity contribution < 1.29 is 0 Å². The third kappa shape index (κ3) is 2.64. The van der Waals surface area contributed by atoms with Gasteiger partial charge >= 0.3 is 0 Å². The monoisotopic (exact) mass is 286 g/mol. The summed E-state index contributed by atoms with van der Waals surface area (Å²) >= 11 is 0. The molecule has 3 rings (SSSR count). The molecule has 2 nitrogen and oxygen atoms in total. The van der Waals surface area contributed by atoms with Gasteiger partial charge in [-0.15, -0.1) is 0 Å². The lowest BCUT2D eigenvalue weighted by Gasteiger charge is -2.44. The van der Waals surface area contributed by atoms with Crippen LogP contribution in [0.1, 0.15) is 44.7 Å². The van der Waals surface area contributed by atoms with E-state index in [0.717, 1.165) is 19.6 Å². The summed E-state index contributed by atoms with van der Waals surface area (Å²) in [5.74, 6) is 0.693. The van der Waals surface area contributed by atoms with Crippen LogP contribution in [-0.2, 0) is 12.8 Å². The molecule has 0 amide bonds. The van der Waals surface area contributed by atoms with Crippen molar-refractivity contribution >= 4 is 0 Å². The minimum Gasteiger partial charge on any atom is -0.329 e. The molecule has 1 aromatic carbocycles. The van der Waals surface area contributed by atoms with E-state index < -0.39 is 0 Å². The summed E-state index contributed by atoms with van der Waals surface area (Å²) in [4.78, 5) is 2.73. The predicted octanol–water partition coefficient (Wildman–Crippen LogP) is 3.24. The first-order chi connectivity index (χ1) is 9.97. The molecule has 1 heterocycles. The Hall–Kier alpha value is -0.860. The zero-order valence-electron chi connectivity index (χ0n) is 13.9. The molecule has 0 radical (unpaired) electrons. The number of nitrogens with zero attached hydrogens (tertiary/aromatic N) is 1. The van der Waals surface area contributed by atoms with E-state index in [0.29, 0.717) is 11.3 Å². The summed E-state index contributed by atoms with van der Waals surface area (Å²) in [5.41, 5.74) is 10.0. The Morgan fingerprint density at radius 3 is 2.14 bits per heavy atom. The first kappa shape index (κ1) is 15.1. The molecule has 1 aliphatic heterocycles. The van der Waals surface area contributed by atoms with E-state index in [1.54, 1.807) is 0 Å². The standard InChI is InChI=1S/C19H30N2/c1-15-12-18(2,3)13-19(15,14-20)21-10-8-16-6-4-5-7-17(16)9-11-21/h4-7,15H,8-14,20H2,1-3H3. The van der Waals surface area contributed by atoms with Crippen molar-refractivity contribution in [3.8, 4) is 0 Å². The summed E-state index contributed by atoms with van der Waals surface area (Å²) in [6.07, 6.45) is 4.89. The highest BCUT2D eigenvalue weighted by atomic mass is 15.2. The molecular weight excluding hydrogens is 256 g/mol. The van der Waals surface area contributed by atoms with Gasteiger partial charge < -0.3 is 5.73 Å². The topological polar surface area (TPSA) is 29.3 Å². The van der Waals surface area contributed by atoms with E-state index in [1.807, 2.05) is 0 Å². The first-order valence-corrected chi connectivity index (χ1v) is 8.49. The van der Waals surface area contributed by atoms with Gasteiger partial charge in [-0.05, 0) is 48.1 Å². The maximum absolute atomic E-state index is 6.33. The molecule has 0 spiro atoms. The van der Waals surface area contributed by atoms with Crippen LogP contribution in [0, 0.1) is 11.3 Å². The molecule has 1 saturated carbocycles. The summed E-state index contributed by atoms with van der Waals surface area (Å²) in [6, 6.07) is 8.95. The molecule has 1 aromatic rings. The number of hydrogen-bond acceptors (Lipinski definition) is 2. The number of benzene rings is 1. The normalized spacial score (nSPS) is 32.7. The van der Waals surface area contributed by atoms with Crippen molar-refractivity contribution in [2.75, 3.05) is 19.6 Å². The second-order valence-electron chi connectivity index (χ2n) is 8.01. The Labute approximate surface area is 129 Å². The average Bonchev–Trinajstić information content (AvgIpc) is 2.61. The van der Waals surface area contributed by atoms with Crippen LogP contribution in [0.5, 0.6) is 0 Å². The van der Waals surface area contributed by atoms with Crippen molar-refractivity contribution in [1.82, 2.24) is 4.90 Å². The highest BCUT2D eigenvalue weighted by molar-refractivity contribution is 5.29. The summed E-state index contributed by atoms with van der Waals surface area (Å²) < 4.78 is 0. The summed E-state index contributed by atoms with van der Waals surface area (Å²) in [7, 11) is 0. The summed E-state index contributed by atoms with van der Waals surface area (Å²) in [5, 5.41) is 0. The van der Waals surface area contributed by atoms with E-state index in [9.17, 15) is 0 Å². The maximum Gasteiger partial charge on any atom is 0.0362 e. The van der Waals surface area contributed by atoms with Crippen LogP contribution >= 0.6 is 0 Å². The molecule has 1 fully saturated rings. The predicted molar refractivity (Wildman–Crippen MR) is 89.4 cm³/mol. The fourth-order valence-electron chi connectivity index (χ4n) is 5.03. The summed E-state index contributed by atoms with van der Waals surface area (Å²) in [6.45, 7) is 10.4. The minimum atomic E-state index is 0.214. The van der Waals surface area contributed by atoms with E-state index in [1.165, 1.54) is 36.8 Å². The van der Waals surface area contributed by atoms with Gasteiger partial charge in [0, 0.05) is 25.2 Å². The van der Waals surface area contributed by atoms with Crippen molar-refractivity contribution in [3.63, 3.8) is 0 Å². The van der Waals surface area contributed by atoms with Crippen LogP contribution in [0.15, 0.2) is 24.3 Å². The number of hydrogen-bond donors (Lipinski definition) is 1. The quantitative estimate of drug-likeness (QED) is 0.904. The van der Waals surface area contributed by atoms with Gasteiger partial charge in [0.2, 0.25) is 0 Å². The Morgan fingerprint density at radius 2 is 1.71 bits per heavy atom. The SMILES string of the molecule is CC1CC(C)(C)CC1(CN)N1CCc2ccccc2CC1. The Bertz CT molecular complexity index is 481. The van der Waals surface area contributed by atoms with Gasteiger partial charge in [0.25, 0.3) is 0 Å². The highest BCUT2D eigenvalue weighted by Crippen LogP contribution is 2.50. The third-order valence-corrected chi connectivity index (χ3v) is 5.96. The molecule has 116 valence electrons. The van der Waals surface area contributed by atoms with E-state index in [4.69, 9.17) is 5.73 Å². The zero-order chi connectivity index (χ0) is 15.1. The van der Waals surface area contributed by atoms with Crippen LogP contribution in [0.2, 0.25) is 0 Å². The van der Waals surface area contributed by atoms with Gasteiger partial charge in [-0.2, -0.15) is 0 Å². The molecule has 0 bridgehead atoms. The molecule has 2 unspecified atom stereocenters. The van der Waals surface area contributed by atoms with Gasteiger partial charge in [-0.25, -0.2) is 0 Å². The molecule has 1 aliphatic carbocycles. The number of rotatable bonds is 2. The Balaban J connectivity index is 1.84. The second kappa shape index (κ2) is 5.40. The van der Waals surface area contributed by atoms with Crippen molar-refractivity contribution in [2.45, 2.75) is 52.0 Å². The van der Waals surface area contributed by atoms with Gasteiger partial charge in [0.1, 0.15) is 0 Å². The largest absolute Gasteiger partial charge is 0.329 e. The smallest absolute Gasteiger partial charge is 0.0362 e. The molecule has 21 heavy (non-hydrogen) atoms. The molecule has 0 aromatic heterocycles. The molecule has 0 saturated heterocycles. The fraction of sp³-hybridized carbons (Fsp3) is 0.684. The Kier molecular flexibility index (Phi) is 3.87. The van der Waals surface area contributed by atoms with Crippen molar-refractivity contribution in [2.24, 2.45) is 17.1 Å². The third-order valence-electron chi connectivity index (χ3n) is 5.96. The van der Waals surface area contributed by atoms with E-state index >= 15 is 0 Å². The Morgan fingerprint density at radius 1 is 1.14 bits per heavy atom. The molecule has 2 atom stereocenters. The lowest BCUT2D eigenvalue weighted by molar-refractivity contribution is 0.0630. The number of fused-ring (bicyclic) bond motifs is 1. The average molecular weight is 286 g/mol. The van der Waals surface area contributed by atoms with Crippen molar-refractivity contribution in [1.29, 1.82) is 0 Å². The van der Waals surface area contributed by atoms with E-state index in [2.05, 4.69) is 49.9 Å². The lowest BCUT2D eigenvalue weighted by atomic mass is 9.84. The van der Waals surface area contributed by atoms with Gasteiger partial charge in [0.05, 0.1) is 0 Å². The van der Waals surface area contributed by atoms with Gasteiger partial charge in [-0.3, -0.25) is 4.90 Å². The van der Waals surface area contributed by atoms with Crippen LogP contribution in [0.3, 0.4) is 0 Å². The fourth-order valence-corrected chi connectivity index (χ4v) is 5.03. The van der Waals surface area contributed by atoms with Gasteiger partial charge in [0.15, 0.2) is 0 Å². The van der Waals surface area contributed by atoms with Crippen molar-refractivity contribution in [3.05, 3.63) is 35.4 Å². The molecule has 2 aliphatic rings. The maximum atomic E-state index is 6.33. The molecule has 2 heteroatoms. The van der Waals surface area contributed by atoms with Crippen LogP contribution in [-0.4, -0.2) is 30.1 Å². The van der Waals surface area contributed by atoms with Gasteiger partial charge in [-0.1, -0.05) is 45.0 Å². The number of nitrogens with two attached hydrogens (primary N) is 1.